The van der Waals surface area contributed by atoms with E-state index in [9.17, 15) is 4.79 Å². The van der Waals surface area contributed by atoms with Crippen molar-refractivity contribution in [3.8, 4) is 0 Å². The van der Waals surface area contributed by atoms with Crippen LogP contribution in [-0.2, 0) is 4.79 Å². The zero-order valence-electron chi connectivity index (χ0n) is 13.2. The van der Waals surface area contributed by atoms with E-state index in [1.165, 1.54) is 30.6 Å². The van der Waals surface area contributed by atoms with Crippen LogP contribution in [-0.4, -0.2) is 56.1 Å². The van der Waals surface area contributed by atoms with E-state index < -0.39 is 0 Å². The predicted octanol–water partition coefficient (Wildman–Crippen LogP) is 2.27. The third-order valence-corrected chi connectivity index (χ3v) is 4.80. The fourth-order valence-electron chi connectivity index (χ4n) is 2.57. The number of piperidine rings is 1. The molecule has 1 aliphatic rings. The first-order chi connectivity index (χ1) is 9.70. The van der Waals surface area contributed by atoms with E-state index >= 15 is 0 Å². The van der Waals surface area contributed by atoms with Crippen LogP contribution in [0, 0.1) is 5.92 Å². The van der Waals surface area contributed by atoms with Gasteiger partial charge in [0.1, 0.15) is 0 Å². The van der Waals surface area contributed by atoms with Gasteiger partial charge in [-0.25, -0.2) is 4.98 Å². The second-order valence-corrected chi connectivity index (χ2v) is 6.25. The lowest BCUT2D eigenvalue weighted by atomic mass is 9.93. The average molecular weight is 369 g/mol. The number of nitrogens with zero attached hydrogens (tertiary/aromatic N) is 3. The molecule has 1 fully saturated rings. The first kappa shape index (κ1) is 21.6. The highest BCUT2D eigenvalue weighted by Crippen LogP contribution is 2.21. The maximum Gasteiger partial charge on any atom is 0.242 e. The van der Waals surface area contributed by atoms with Crippen molar-refractivity contribution in [2.75, 3.05) is 45.2 Å². The van der Waals surface area contributed by atoms with E-state index in [2.05, 4.69) is 15.2 Å². The minimum atomic E-state index is 0. The van der Waals surface area contributed by atoms with Gasteiger partial charge in [-0.1, -0.05) is 0 Å². The number of rotatable bonds is 6. The summed E-state index contributed by atoms with van der Waals surface area (Å²) in [7, 11) is 3.81. The zero-order valence-corrected chi connectivity index (χ0v) is 15.6. The summed E-state index contributed by atoms with van der Waals surface area (Å²) in [5.74, 6) is 0.944. The fraction of sp³-hybridized carbons (Fsp3) is 0.714. The third kappa shape index (κ3) is 6.38. The highest BCUT2D eigenvalue weighted by atomic mass is 35.5. The molecule has 2 heterocycles. The van der Waals surface area contributed by atoms with Gasteiger partial charge >= 0.3 is 0 Å². The number of amides is 1. The SMILES string of the molecule is CNCCC1CCN(CC(=O)N(C)c2nccs2)CC1.Cl.Cl. The zero-order chi connectivity index (χ0) is 14.4. The number of likely N-dealkylation sites (N-methyl/N-ethyl adjacent to an activating group) is 1. The summed E-state index contributed by atoms with van der Waals surface area (Å²) in [6.07, 6.45) is 5.39. The van der Waals surface area contributed by atoms with Crippen molar-refractivity contribution < 1.29 is 4.79 Å². The molecular formula is C14H26Cl2N4OS. The molecule has 1 saturated heterocycles. The number of hydrogen-bond donors (Lipinski definition) is 1. The van der Waals surface area contributed by atoms with E-state index in [0.717, 1.165) is 30.7 Å². The molecule has 1 amide bonds. The summed E-state index contributed by atoms with van der Waals surface area (Å²) in [5, 5.41) is 5.88. The minimum Gasteiger partial charge on any atom is -0.320 e. The van der Waals surface area contributed by atoms with Crippen LogP contribution < -0.4 is 10.2 Å². The van der Waals surface area contributed by atoms with Gasteiger partial charge in [-0.05, 0) is 51.9 Å². The van der Waals surface area contributed by atoms with Crippen LogP contribution in [0.2, 0.25) is 0 Å². The maximum absolute atomic E-state index is 12.2. The van der Waals surface area contributed by atoms with Crippen molar-refractivity contribution >= 4 is 47.2 Å². The Balaban J connectivity index is 0.00000220. The largest absolute Gasteiger partial charge is 0.320 e. The molecular weight excluding hydrogens is 343 g/mol. The molecule has 0 radical (unpaired) electrons. The van der Waals surface area contributed by atoms with Gasteiger partial charge in [-0.15, -0.1) is 36.2 Å². The Morgan fingerprint density at radius 2 is 2.14 bits per heavy atom. The number of carbonyl (C=O) groups is 1. The number of carbonyl (C=O) groups excluding carboxylic acids is 1. The van der Waals surface area contributed by atoms with Crippen molar-refractivity contribution in [2.45, 2.75) is 19.3 Å². The molecule has 22 heavy (non-hydrogen) atoms. The van der Waals surface area contributed by atoms with Crippen LogP contribution in [0.3, 0.4) is 0 Å². The van der Waals surface area contributed by atoms with Gasteiger partial charge < -0.3 is 5.32 Å². The predicted molar refractivity (Wildman–Crippen MR) is 97.7 cm³/mol. The molecule has 0 aliphatic carbocycles. The molecule has 5 nitrogen and oxygen atoms in total. The summed E-state index contributed by atoms with van der Waals surface area (Å²) < 4.78 is 0. The van der Waals surface area contributed by atoms with Crippen molar-refractivity contribution in [2.24, 2.45) is 5.92 Å². The van der Waals surface area contributed by atoms with Crippen molar-refractivity contribution in [1.29, 1.82) is 0 Å². The van der Waals surface area contributed by atoms with Gasteiger partial charge in [0.2, 0.25) is 5.91 Å². The lowest BCUT2D eigenvalue weighted by Crippen LogP contribution is -2.42. The van der Waals surface area contributed by atoms with E-state index in [1.54, 1.807) is 18.1 Å². The van der Waals surface area contributed by atoms with Crippen LogP contribution in [0.25, 0.3) is 0 Å². The van der Waals surface area contributed by atoms with Gasteiger partial charge in [-0.2, -0.15) is 0 Å². The lowest BCUT2D eigenvalue weighted by Gasteiger charge is -2.32. The molecule has 1 aliphatic heterocycles. The molecule has 0 unspecified atom stereocenters. The molecule has 0 spiro atoms. The smallest absolute Gasteiger partial charge is 0.242 e. The Morgan fingerprint density at radius 1 is 1.45 bits per heavy atom. The van der Waals surface area contributed by atoms with Crippen LogP contribution in [0.15, 0.2) is 11.6 Å². The standard InChI is InChI=1S/C14H24N4OS.2ClH/c1-15-6-3-12-4-8-18(9-5-12)11-13(19)17(2)14-16-7-10-20-14;;/h7,10,12,15H,3-6,8-9,11H2,1-2H3;2*1H. The van der Waals surface area contributed by atoms with Gasteiger partial charge in [0.25, 0.3) is 0 Å². The van der Waals surface area contributed by atoms with E-state index in [1.807, 2.05) is 12.4 Å². The van der Waals surface area contributed by atoms with Crippen LogP contribution in [0.1, 0.15) is 19.3 Å². The average Bonchev–Trinajstić information content (AvgIpc) is 3.00. The first-order valence-electron chi connectivity index (χ1n) is 7.23. The van der Waals surface area contributed by atoms with Crippen molar-refractivity contribution in [3.05, 3.63) is 11.6 Å². The normalized spacial score (nSPS) is 15.7. The Morgan fingerprint density at radius 3 is 2.68 bits per heavy atom. The van der Waals surface area contributed by atoms with Gasteiger partial charge in [0, 0.05) is 18.6 Å². The number of halogens is 2. The van der Waals surface area contributed by atoms with Gasteiger partial charge in [-0.3, -0.25) is 14.6 Å². The number of hydrogen-bond acceptors (Lipinski definition) is 5. The summed E-state index contributed by atoms with van der Waals surface area (Å²) in [5.41, 5.74) is 0. The molecule has 0 bridgehead atoms. The molecule has 1 aromatic heterocycles. The number of nitrogens with one attached hydrogen (secondary N) is 1. The number of likely N-dealkylation sites (tertiary alicyclic amines) is 1. The summed E-state index contributed by atoms with van der Waals surface area (Å²) in [4.78, 5) is 20.3. The molecule has 128 valence electrons. The van der Waals surface area contributed by atoms with E-state index in [4.69, 9.17) is 0 Å². The van der Waals surface area contributed by atoms with E-state index in [-0.39, 0.29) is 30.7 Å². The van der Waals surface area contributed by atoms with Crippen LogP contribution in [0.4, 0.5) is 5.13 Å². The Bertz CT molecular complexity index is 411. The third-order valence-electron chi connectivity index (χ3n) is 3.95. The van der Waals surface area contributed by atoms with Gasteiger partial charge in [0.15, 0.2) is 5.13 Å². The molecule has 8 heteroatoms. The van der Waals surface area contributed by atoms with Crippen LogP contribution >= 0.6 is 36.2 Å². The highest BCUT2D eigenvalue weighted by Gasteiger charge is 2.22. The monoisotopic (exact) mass is 368 g/mol. The maximum atomic E-state index is 12.2. The molecule has 1 N–H and O–H groups in total. The van der Waals surface area contributed by atoms with E-state index in [0.29, 0.717) is 6.54 Å². The number of aromatic nitrogens is 1. The quantitative estimate of drug-likeness (QED) is 0.836. The summed E-state index contributed by atoms with van der Waals surface area (Å²) in [6, 6.07) is 0. The van der Waals surface area contributed by atoms with Crippen molar-refractivity contribution in [3.63, 3.8) is 0 Å². The molecule has 1 aromatic rings. The molecule has 0 saturated carbocycles. The minimum absolute atomic E-state index is 0. The molecule has 0 aromatic carbocycles. The Hall–Kier alpha value is -0.400. The second-order valence-electron chi connectivity index (χ2n) is 5.38. The topological polar surface area (TPSA) is 48.5 Å². The van der Waals surface area contributed by atoms with Crippen LogP contribution in [0.5, 0.6) is 0 Å². The fourth-order valence-corrected chi connectivity index (χ4v) is 3.19. The molecule has 0 atom stereocenters. The molecule has 2 rings (SSSR count). The summed E-state index contributed by atoms with van der Waals surface area (Å²) >= 11 is 1.50. The number of anilines is 1. The highest BCUT2D eigenvalue weighted by molar-refractivity contribution is 7.13. The van der Waals surface area contributed by atoms with Gasteiger partial charge in [0.05, 0.1) is 6.54 Å². The second kappa shape index (κ2) is 11.2. The Labute approximate surface area is 149 Å². The Kier molecular flexibility index (Phi) is 11.0. The summed E-state index contributed by atoms with van der Waals surface area (Å²) in [6.45, 7) is 3.67. The van der Waals surface area contributed by atoms with Crippen molar-refractivity contribution in [1.82, 2.24) is 15.2 Å². The number of thiazole rings is 1. The lowest BCUT2D eigenvalue weighted by molar-refractivity contribution is -0.119. The first-order valence-corrected chi connectivity index (χ1v) is 8.11.